The first-order valence-corrected chi connectivity index (χ1v) is 10.2. The number of esters is 1. The summed E-state index contributed by atoms with van der Waals surface area (Å²) in [5.41, 5.74) is 0.706. The van der Waals surface area contributed by atoms with Gasteiger partial charge in [-0.3, -0.25) is 14.5 Å². The quantitative estimate of drug-likeness (QED) is 0.568. The number of ether oxygens (including phenoxy) is 3. The maximum absolute atomic E-state index is 12.8. The first-order chi connectivity index (χ1) is 15.5. The molecule has 1 N–H and O–H groups in total. The molecule has 0 unspecified atom stereocenters. The zero-order valence-electron chi connectivity index (χ0n) is 18.3. The van der Waals surface area contributed by atoms with Gasteiger partial charge in [0.1, 0.15) is 28.4 Å². The third-order valence-electron chi connectivity index (χ3n) is 5.46. The summed E-state index contributed by atoms with van der Waals surface area (Å²) in [5.74, 6) is 1.85. The number of rotatable bonds is 6. The SMILES string of the molecule is COC(=O)CN1CCN(c2cccc(-c3nc4cc(OC)cc(OC)c4c(=O)[nH]3)n2)CC1. The van der Waals surface area contributed by atoms with Crippen LogP contribution >= 0.6 is 0 Å². The summed E-state index contributed by atoms with van der Waals surface area (Å²) >= 11 is 0. The number of hydrogen-bond donors (Lipinski definition) is 1. The van der Waals surface area contributed by atoms with Gasteiger partial charge in [0.15, 0.2) is 5.82 Å². The van der Waals surface area contributed by atoms with Gasteiger partial charge in [-0.05, 0) is 12.1 Å². The molecule has 10 nitrogen and oxygen atoms in total. The number of benzene rings is 1. The molecule has 10 heteroatoms. The lowest BCUT2D eigenvalue weighted by molar-refractivity contribution is -0.142. The first-order valence-electron chi connectivity index (χ1n) is 10.2. The predicted molar refractivity (Wildman–Crippen MR) is 119 cm³/mol. The van der Waals surface area contributed by atoms with Crippen LogP contribution in [0.2, 0.25) is 0 Å². The number of aromatic nitrogens is 3. The second kappa shape index (κ2) is 9.23. The van der Waals surface area contributed by atoms with Crippen molar-refractivity contribution in [2.24, 2.45) is 0 Å². The van der Waals surface area contributed by atoms with E-state index in [0.29, 0.717) is 33.9 Å². The molecule has 2 aromatic heterocycles. The van der Waals surface area contributed by atoms with Crippen LogP contribution in [-0.4, -0.2) is 79.9 Å². The number of carbonyl (C=O) groups is 1. The molecule has 1 aliphatic rings. The van der Waals surface area contributed by atoms with Crippen molar-refractivity contribution in [3.8, 4) is 23.0 Å². The Morgan fingerprint density at radius 1 is 1.06 bits per heavy atom. The molecule has 1 aromatic carbocycles. The number of nitrogens with zero attached hydrogens (tertiary/aromatic N) is 4. The Balaban J connectivity index is 1.61. The molecule has 0 saturated carbocycles. The van der Waals surface area contributed by atoms with Gasteiger partial charge in [0.05, 0.1) is 33.4 Å². The molecule has 0 atom stereocenters. The Hall–Kier alpha value is -3.66. The van der Waals surface area contributed by atoms with E-state index in [1.54, 1.807) is 25.3 Å². The minimum absolute atomic E-state index is 0.238. The highest BCUT2D eigenvalue weighted by Crippen LogP contribution is 2.29. The van der Waals surface area contributed by atoms with Gasteiger partial charge in [0.25, 0.3) is 5.56 Å². The van der Waals surface area contributed by atoms with Crippen LogP contribution < -0.4 is 19.9 Å². The van der Waals surface area contributed by atoms with Crippen LogP contribution in [0.15, 0.2) is 35.1 Å². The zero-order chi connectivity index (χ0) is 22.7. The lowest BCUT2D eigenvalue weighted by Gasteiger charge is -2.34. The van der Waals surface area contributed by atoms with Crippen molar-refractivity contribution in [2.45, 2.75) is 0 Å². The van der Waals surface area contributed by atoms with Crippen molar-refractivity contribution >= 4 is 22.7 Å². The van der Waals surface area contributed by atoms with Crippen molar-refractivity contribution in [2.75, 3.05) is 59.0 Å². The fraction of sp³-hybridized carbons (Fsp3) is 0.364. The second-order valence-corrected chi connectivity index (χ2v) is 7.36. The summed E-state index contributed by atoms with van der Waals surface area (Å²) in [4.78, 5) is 40.6. The monoisotopic (exact) mass is 439 g/mol. The molecule has 0 amide bonds. The average Bonchev–Trinajstić information content (AvgIpc) is 2.83. The molecule has 168 valence electrons. The molecular formula is C22H25N5O5. The van der Waals surface area contributed by atoms with Crippen LogP contribution in [0.3, 0.4) is 0 Å². The number of hydrogen-bond acceptors (Lipinski definition) is 9. The van der Waals surface area contributed by atoms with Crippen LogP contribution in [-0.2, 0) is 9.53 Å². The number of nitrogens with one attached hydrogen (secondary N) is 1. The molecule has 32 heavy (non-hydrogen) atoms. The van der Waals surface area contributed by atoms with Crippen LogP contribution in [0.25, 0.3) is 22.4 Å². The predicted octanol–water partition coefficient (Wildman–Crippen LogP) is 1.30. The maximum atomic E-state index is 12.8. The highest BCUT2D eigenvalue weighted by atomic mass is 16.5. The molecule has 0 radical (unpaired) electrons. The summed E-state index contributed by atoms with van der Waals surface area (Å²) < 4.78 is 15.4. The Kier molecular flexibility index (Phi) is 6.22. The molecule has 1 fully saturated rings. The summed E-state index contributed by atoms with van der Waals surface area (Å²) in [7, 11) is 4.44. The Bertz CT molecular complexity index is 1190. The number of fused-ring (bicyclic) bond motifs is 1. The van der Waals surface area contributed by atoms with Crippen LogP contribution in [0.5, 0.6) is 11.5 Å². The van der Waals surface area contributed by atoms with Crippen LogP contribution in [0.1, 0.15) is 0 Å². The van der Waals surface area contributed by atoms with E-state index in [1.165, 1.54) is 14.2 Å². The van der Waals surface area contributed by atoms with Gasteiger partial charge in [-0.15, -0.1) is 0 Å². The van der Waals surface area contributed by atoms with Gasteiger partial charge in [-0.1, -0.05) is 6.07 Å². The van der Waals surface area contributed by atoms with E-state index in [2.05, 4.69) is 19.8 Å². The summed E-state index contributed by atoms with van der Waals surface area (Å²) in [6.07, 6.45) is 0. The number of methoxy groups -OCH3 is 3. The Morgan fingerprint density at radius 3 is 2.53 bits per heavy atom. The molecule has 0 spiro atoms. The van der Waals surface area contributed by atoms with Crippen LogP contribution in [0.4, 0.5) is 5.82 Å². The zero-order valence-corrected chi connectivity index (χ0v) is 18.3. The molecule has 1 saturated heterocycles. The molecule has 0 aliphatic carbocycles. The van der Waals surface area contributed by atoms with E-state index >= 15 is 0 Å². The van der Waals surface area contributed by atoms with E-state index in [4.69, 9.17) is 19.2 Å². The average molecular weight is 439 g/mol. The van der Waals surface area contributed by atoms with E-state index in [0.717, 1.165) is 32.0 Å². The number of carbonyl (C=O) groups excluding carboxylic acids is 1. The summed E-state index contributed by atoms with van der Waals surface area (Å²) in [6.45, 7) is 3.19. The van der Waals surface area contributed by atoms with Gasteiger partial charge in [-0.25, -0.2) is 9.97 Å². The normalized spacial score (nSPS) is 14.4. The van der Waals surface area contributed by atoms with E-state index in [9.17, 15) is 9.59 Å². The van der Waals surface area contributed by atoms with E-state index in [1.807, 2.05) is 12.1 Å². The van der Waals surface area contributed by atoms with Crippen molar-refractivity contribution < 1.29 is 19.0 Å². The van der Waals surface area contributed by atoms with E-state index < -0.39 is 0 Å². The number of H-pyrrole nitrogens is 1. The molecule has 3 heterocycles. The van der Waals surface area contributed by atoms with Gasteiger partial charge in [0.2, 0.25) is 0 Å². The lowest BCUT2D eigenvalue weighted by Crippen LogP contribution is -2.48. The number of anilines is 1. The maximum Gasteiger partial charge on any atom is 0.319 e. The van der Waals surface area contributed by atoms with Gasteiger partial charge in [0, 0.05) is 38.3 Å². The minimum Gasteiger partial charge on any atom is -0.497 e. The summed E-state index contributed by atoms with van der Waals surface area (Å²) in [6, 6.07) is 8.96. The van der Waals surface area contributed by atoms with Crippen molar-refractivity contribution in [3.05, 3.63) is 40.7 Å². The number of piperazine rings is 1. The minimum atomic E-state index is -0.312. The van der Waals surface area contributed by atoms with Crippen molar-refractivity contribution in [1.82, 2.24) is 19.9 Å². The third-order valence-corrected chi connectivity index (χ3v) is 5.46. The number of pyridine rings is 1. The topological polar surface area (TPSA) is 110 Å². The third kappa shape index (κ3) is 4.35. The lowest BCUT2D eigenvalue weighted by atomic mass is 10.2. The van der Waals surface area contributed by atoms with Gasteiger partial charge in [-0.2, -0.15) is 0 Å². The molecule has 3 aromatic rings. The first kappa shape index (κ1) is 21.6. The van der Waals surface area contributed by atoms with Gasteiger partial charge < -0.3 is 24.1 Å². The second-order valence-electron chi connectivity index (χ2n) is 7.36. The smallest absolute Gasteiger partial charge is 0.319 e. The van der Waals surface area contributed by atoms with E-state index in [-0.39, 0.29) is 18.1 Å². The highest BCUT2D eigenvalue weighted by molar-refractivity contribution is 5.87. The van der Waals surface area contributed by atoms with Crippen LogP contribution in [0, 0.1) is 0 Å². The summed E-state index contributed by atoms with van der Waals surface area (Å²) in [5, 5.41) is 0.356. The standard InChI is InChI=1S/C22H25N5O5/c1-30-14-11-16-20(17(12-14)31-2)22(29)25-21(24-16)15-5-4-6-18(23-15)27-9-7-26(8-10-27)13-19(28)32-3/h4-6,11-12H,7-10,13H2,1-3H3,(H,24,25,29). The molecule has 4 rings (SSSR count). The highest BCUT2D eigenvalue weighted by Gasteiger charge is 2.21. The van der Waals surface area contributed by atoms with Gasteiger partial charge >= 0.3 is 5.97 Å². The molecular weight excluding hydrogens is 414 g/mol. The molecule has 0 bridgehead atoms. The Labute approximate surface area is 184 Å². The fourth-order valence-corrected chi connectivity index (χ4v) is 3.72. The Morgan fingerprint density at radius 2 is 1.84 bits per heavy atom. The largest absolute Gasteiger partial charge is 0.497 e. The van der Waals surface area contributed by atoms with Crippen molar-refractivity contribution in [3.63, 3.8) is 0 Å². The van der Waals surface area contributed by atoms with Crippen molar-refractivity contribution in [1.29, 1.82) is 0 Å². The number of aromatic amines is 1. The molecule has 1 aliphatic heterocycles. The fourth-order valence-electron chi connectivity index (χ4n) is 3.72.